The van der Waals surface area contributed by atoms with Crippen molar-refractivity contribution < 1.29 is 0 Å². The smallest absolute Gasteiger partial charge is 0.282 e. The number of aryl methyl sites for hydroxylation is 1. The molecule has 0 amide bonds. The molecule has 0 radical (unpaired) electrons. The summed E-state index contributed by atoms with van der Waals surface area (Å²) < 4.78 is 1.83. The SMILES string of the molecule is CC(C)C(Nc1cnn(C)c(=O)c1Br)c1cccs1. The average molecular weight is 342 g/mol. The molecular formula is C13H16BrN3OS. The van der Waals surface area contributed by atoms with Crippen LogP contribution in [0.3, 0.4) is 0 Å². The van der Waals surface area contributed by atoms with E-state index in [9.17, 15) is 4.79 Å². The molecule has 102 valence electrons. The summed E-state index contributed by atoms with van der Waals surface area (Å²) in [5.74, 6) is 0.412. The number of rotatable bonds is 4. The van der Waals surface area contributed by atoms with Crippen LogP contribution in [-0.4, -0.2) is 9.78 Å². The largest absolute Gasteiger partial charge is 0.375 e. The van der Waals surface area contributed by atoms with E-state index in [1.54, 1.807) is 24.6 Å². The minimum atomic E-state index is -0.140. The second kappa shape index (κ2) is 5.88. The first-order chi connectivity index (χ1) is 9.00. The molecular weight excluding hydrogens is 326 g/mol. The van der Waals surface area contributed by atoms with Gasteiger partial charge in [0.1, 0.15) is 4.47 Å². The average Bonchev–Trinajstić information content (AvgIpc) is 2.88. The third-order valence-electron chi connectivity index (χ3n) is 2.91. The van der Waals surface area contributed by atoms with Gasteiger partial charge in [-0.3, -0.25) is 4.79 Å². The third kappa shape index (κ3) is 3.06. The molecule has 2 aromatic heterocycles. The van der Waals surface area contributed by atoms with E-state index in [1.165, 1.54) is 9.56 Å². The number of nitrogens with one attached hydrogen (secondary N) is 1. The summed E-state index contributed by atoms with van der Waals surface area (Å²) in [5, 5.41) is 9.51. The number of aromatic nitrogens is 2. The molecule has 0 aliphatic heterocycles. The van der Waals surface area contributed by atoms with Crippen LogP contribution in [0.4, 0.5) is 5.69 Å². The Bertz CT molecular complexity index is 607. The van der Waals surface area contributed by atoms with Gasteiger partial charge in [0.2, 0.25) is 0 Å². The summed E-state index contributed by atoms with van der Waals surface area (Å²) in [6.45, 7) is 4.31. The van der Waals surface area contributed by atoms with Crippen LogP contribution >= 0.6 is 27.3 Å². The maximum atomic E-state index is 11.8. The lowest BCUT2D eigenvalue weighted by Crippen LogP contribution is -2.23. The maximum absolute atomic E-state index is 11.8. The summed E-state index contributed by atoms with van der Waals surface area (Å²) >= 11 is 5.05. The summed E-state index contributed by atoms with van der Waals surface area (Å²) in [7, 11) is 1.63. The van der Waals surface area contributed by atoms with Gasteiger partial charge in [0.25, 0.3) is 5.56 Å². The summed E-state index contributed by atoms with van der Waals surface area (Å²) in [5.41, 5.74) is 0.592. The zero-order valence-corrected chi connectivity index (χ0v) is 13.5. The molecule has 1 unspecified atom stereocenters. The summed E-state index contributed by atoms with van der Waals surface area (Å²) in [6, 6.07) is 4.31. The highest BCUT2D eigenvalue weighted by atomic mass is 79.9. The highest BCUT2D eigenvalue weighted by Crippen LogP contribution is 2.31. The van der Waals surface area contributed by atoms with E-state index in [1.807, 2.05) is 6.07 Å². The van der Waals surface area contributed by atoms with Crippen molar-refractivity contribution in [3.63, 3.8) is 0 Å². The Morgan fingerprint density at radius 1 is 1.47 bits per heavy atom. The van der Waals surface area contributed by atoms with Gasteiger partial charge in [0.15, 0.2) is 0 Å². The fourth-order valence-electron chi connectivity index (χ4n) is 1.81. The standard InChI is InChI=1S/C13H16BrN3OS/c1-8(2)12(10-5-4-6-19-10)16-9-7-15-17(3)13(18)11(9)14/h4-8,12,16H,1-3H3. The van der Waals surface area contributed by atoms with E-state index in [0.717, 1.165) is 5.69 Å². The van der Waals surface area contributed by atoms with Crippen LogP contribution in [0.2, 0.25) is 0 Å². The fourth-order valence-corrected chi connectivity index (χ4v) is 3.24. The number of hydrogen-bond acceptors (Lipinski definition) is 4. The molecule has 0 fully saturated rings. The van der Waals surface area contributed by atoms with E-state index < -0.39 is 0 Å². The molecule has 0 aromatic carbocycles. The number of halogens is 1. The van der Waals surface area contributed by atoms with Crippen LogP contribution in [0.15, 0.2) is 33.0 Å². The zero-order chi connectivity index (χ0) is 14.0. The normalized spacial score (nSPS) is 12.7. The van der Waals surface area contributed by atoms with E-state index in [2.05, 4.69) is 51.6 Å². The predicted octanol–water partition coefficient (Wildman–Crippen LogP) is 3.41. The topological polar surface area (TPSA) is 46.9 Å². The van der Waals surface area contributed by atoms with E-state index >= 15 is 0 Å². The van der Waals surface area contributed by atoms with Gasteiger partial charge in [-0.15, -0.1) is 11.3 Å². The van der Waals surface area contributed by atoms with Gasteiger partial charge in [-0.25, -0.2) is 4.68 Å². The van der Waals surface area contributed by atoms with Crippen LogP contribution in [0.5, 0.6) is 0 Å². The van der Waals surface area contributed by atoms with E-state index in [-0.39, 0.29) is 11.6 Å². The summed E-state index contributed by atoms with van der Waals surface area (Å²) in [6.07, 6.45) is 1.68. The van der Waals surface area contributed by atoms with E-state index in [4.69, 9.17) is 0 Å². The molecule has 2 rings (SSSR count). The van der Waals surface area contributed by atoms with Crippen molar-refractivity contribution in [1.82, 2.24) is 9.78 Å². The summed E-state index contributed by atoms with van der Waals surface area (Å²) in [4.78, 5) is 13.1. The molecule has 0 saturated carbocycles. The van der Waals surface area contributed by atoms with Gasteiger partial charge in [-0.2, -0.15) is 5.10 Å². The molecule has 0 spiro atoms. The quantitative estimate of drug-likeness (QED) is 0.926. The van der Waals surface area contributed by atoms with Crippen LogP contribution in [0.1, 0.15) is 24.8 Å². The zero-order valence-electron chi connectivity index (χ0n) is 11.1. The lowest BCUT2D eigenvalue weighted by Gasteiger charge is -2.22. The highest BCUT2D eigenvalue weighted by molar-refractivity contribution is 9.10. The maximum Gasteiger partial charge on any atom is 0.282 e. The first-order valence-electron chi connectivity index (χ1n) is 6.02. The predicted molar refractivity (Wildman–Crippen MR) is 82.7 cm³/mol. The van der Waals surface area contributed by atoms with Gasteiger partial charge in [0, 0.05) is 11.9 Å². The molecule has 2 aromatic rings. The fraction of sp³-hybridized carbons (Fsp3) is 0.385. The molecule has 4 nitrogen and oxygen atoms in total. The Morgan fingerprint density at radius 3 is 2.79 bits per heavy atom. The molecule has 0 saturated heterocycles. The first-order valence-corrected chi connectivity index (χ1v) is 7.69. The van der Waals surface area contributed by atoms with Crippen molar-refractivity contribution in [1.29, 1.82) is 0 Å². The van der Waals surface area contributed by atoms with Crippen molar-refractivity contribution in [3.8, 4) is 0 Å². The van der Waals surface area contributed by atoms with Crippen molar-refractivity contribution in [3.05, 3.63) is 43.4 Å². The molecule has 2 heterocycles. The minimum absolute atomic E-state index is 0.140. The van der Waals surface area contributed by atoms with Gasteiger partial charge in [-0.1, -0.05) is 19.9 Å². The first kappa shape index (κ1) is 14.3. The van der Waals surface area contributed by atoms with Crippen LogP contribution < -0.4 is 10.9 Å². The number of hydrogen-bond donors (Lipinski definition) is 1. The second-order valence-electron chi connectivity index (χ2n) is 4.68. The van der Waals surface area contributed by atoms with Crippen LogP contribution in [0, 0.1) is 5.92 Å². The van der Waals surface area contributed by atoms with Gasteiger partial charge < -0.3 is 5.32 Å². The molecule has 0 aliphatic carbocycles. The number of thiophene rings is 1. The van der Waals surface area contributed by atoms with Gasteiger partial charge >= 0.3 is 0 Å². The van der Waals surface area contributed by atoms with Gasteiger partial charge in [-0.05, 0) is 33.3 Å². The molecule has 6 heteroatoms. The molecule has 0 aliphatic rings. The van der Waals surface area contributed by atoms with Crippen molar-refractivity contribution in [2.45, 2.75) is 19.9 Å². The lowest BCUT2D eigenvalue weighted by molar-refractivity contribution is 0.552. The van der Waals surface area contributed by atoms with Crippen molar-refractivity contribution in [2.24, 2.45) is 13.0 Å². The monoisotopic (exact) mass is 341 g/mol. The number of anilines is 1. The van der Waals surface area contributed by atoms with Crippen molar-refractivity contribution >= 4 is 33.0 Å². The second-order valence-corrected chi connectivity index (χ2v) is 6.45. The Morgan fingerprint density at radius 2 is 2.21 bits per heavy atom. The molecule has 19 heavy (non-hydrogen) atoms. The lowest BCUT2D eigenvalue weighted by atomic mass is 10.0. The Kier molecular flexibility index (Phi) is 4.42. The highest BCUT2D eigenvalue weighted by Gasteiger charge is 2.18. The number of nitrogens with zero attached hydrogens (tertiary/aromatic N) is 2. The van der Waals surface area contributed by atoms with Crippen LogP contribution in [0.25, 0.3) is 0 Å². The Hall–Kier alpha value is -1.14. The van der Waals surface area contributed by atoms with Gasteiger partial charge in [0.05, 0.1) is 17.9 Å². The van der Waals surface area contributed by atoms with Crippen LogP contribution in [-0.2, 0) is 7.05 Å². The molecule has 1 N–H and O–H groups in total. The minimum Gasteiger partial charge on any atom is -0.375 e. The van der Waals surface area contributed by atoms with E-state index in [0.29, 0.717) is 10.4 Å². The van der Waals surface area contributed by atoms with Crippen molar-refractivity contribution in [2.75, 3.05) is 5.32 Å². The molecule has 0 bridgehead atoms. The Balaban J connectivity index is 2.33. The molecule has 1 atom stereocenters. The Labute approximate surface area is 124 Å². The third-order valence-corrected chi connectivity index (χ3v) is 4.63.